The highest BCUT2D eigenvalue weighted by Gasteiger charge is 2.25. The Morgan fingerprint density at radius 2 is 2.09 bits per heavy atom. The van der Waals surface area contributed by atoms with Gasteiger partial charge in [-0.3, -0.25) is 9.69 Å². The van der Waals surface area contributed by atoms with Gasteiger partial charge in [0.1, 0.15) is 10.8 Å². The topological polar surface area (TPSA) is 46.1 Å². The molecular formula is C16H15Cl2N3OS. The number of thiazole rings is 1. The Balaban J connectivity index is 1.97. The van der Waals surface area contributed by atoms with E-state index in [2.05, 4.69) is 16.5 Å². The number of hydrogen-bond donors (Lipinski definition) is 0. The molecule has 0 bridgehead atoms. The Bertz CT molecular complexity index is 736. The van der Waals surface area contributed by atoms with E-state index in [1.807, 2.05) is 0 Å². The van der Waals surface area contributed by atoms with E-state index in [0.29, 0.717) is 11.7 Å². The average Bonchev–Trinajstić information content (AvgIpc) is 2.98. The van der Waals surface area contributed by atoms with Crippen LogP contribution in [0.15, 0.2) is 24.8 Å². The first-order valence-electron chi connectivity index (χ1n) is 7.33. The third-order valence-electron chi connectivity index (χ3n) is 3.64. The predicted molar refractivity (Wildman–Crippen MR) is 94.9 cm³/mol. The van der Waals surface area contributed by atoms with Crippen molar-refractivity contribution in [3.05, 3.63) is 51.2 Å². The van der Waals surface area contributed by atoms with Crippen molar-refractivity contribution in [3.8, 4) is 0 Å². The molecule has 120 valence electrons. The summed E-state index contributed by atoms with van der Waals surface area (Å²) in [5.41, 5.74) is 1.23. The number of amides is 1. The maximum Gasteiger partial charge on any atom is 0.280 e. The molecule has 0 radical (unpaired) electrons. The molecular weight excluding hydrogens is 353 g/mol. The lowest BCUT2D eigenvalue weighted by atomic mass is 10.0. The SMILES string of the molecule is C=CCN(C(=O)c1nc(Cl)ccc1Cl)c1nc2c(s1)CCCC2. The van der Waals surface area contributed by atoms with Crippen molar-refractivity contribution in [3.63, 3.8) is 0 Å². The zero-order valence-electron chi connectivity index (χ0n) is 12.4. The Hall–Kier alpha value is -1.43. The summed E-state index contributed by atoms with van der Waals surface area (Å²) in [4.78, 5) is 24.4. The van der Waals surface area contributed by atoms with Crippen molar-refractivity contribution in [2.24, 2.45) is 0 Å². The molecule has 0 atom stereocenters. The minimum atomic E-state index is -0.316. The lowest BCUT2D eigenvalue weighted by molar-refractivity contribution is 0.0985. The number of carbonyl (C=O) groups excluding carboxylic acids is 1. The third-order valence-corrected chi connectivity index (χ3v) is 5.33. The zero-order valence-corrected chi connectivity index (χ0v) is 14.7. The van der Waals surface area contributed by atoms with Crippen LogP contribution in [0.2, 0.25) is 10.2 Å². The number of halogens is 2. The van der Waals surface area contributed by atoms with Crippen LogP contribution in [0.1, 0.15) is 33.9 Å². The summed E-state index contributed by atoms with van der Waals surface area (Å²) in [5.74, 6) is -0.316. The van der Waals surface area contributed by atoms with Gasteiger partial charge in [-0.15, -0.1) is 17.9 Å². The quantitative estimate of drug-likeness (QED) is 0.587. The van der Waals surface area contributed by atoms with Crippen LogP contribution in [0.5, 0.6) is 0 Å². The van der Waals surface area contributed by atoms with Gasteiger partial charge in [0.2, 0.25) is 0 Å². The van der Waals surface area contributed by atoms with Gasteiger partial charge in [-0.2, -0.15) is 0 Å². The summed E-state index contributed by atoms with van der Waals surface area (Å²) < 4.78 is 0. The third kappa shape index (κ3) is 3.42. The van der Waals surface area contributed by atoms with E-state index in [1.165, 1.54) is 11.3 Å². The van der Waals surface area contributed by atoms with Crippen LogP contribution in [0.25, 0.3) is 0 Å². The summed E-state index contributed by atoms with van der Waals surface area (Å²) in [6, 6.07) is 3.13. The van der Waals surface area contributed by atoms with E-state index >= 15 is 0 Å². The van der Waals surface area contributed by atoms with Crippen molar-refractivity contribution >= 4 is 45.6 Å². The minimum Gasteiger partial charge on any atom is -0.279 e. The fourth-order valence-electron chi connectivity index (χ4n) is 2.53. The average molecular weight is 368 g/mol. The highest BCUT2D eigenvalue weighted by Crippen LogP contribution is 2.33. The molecule has 0 fully saturated rings. The lowest BCUT2D eigenvalue weighted by Gasteiger charge is -2.18. The van der Waals surface area contributed by atoms with Crippen LogP contribution < -0.4 is 4.90 Å². The number of nitrogens with zero attached hydrogens (tertiary/aromatic N) is 3. The molecule has 2 aromatic rings. The smallest absolute Gasteiger partial charge is 0.279 e. The molecule has 0 saturated heterocycles. The largest absolute Gasteiger partial charge is 0.280 e. The summed E-state index contributed by atoms with van der Waals surface area (Å²) in [6.07, 6.45) is 5.98. The van der Waals surface area contributed by atoms with E-state index in [4.69, 9.17) is 23.2 Å². The molecule has 0 aliphatic heterocycles. The molecule has 4 nitrogen and oxygen atoms in total. The van der Waals surface area contributed by atoms with Crippen molar-refractivity contribution in [1.29, 1.82) is 0 Å². The van der Waals surface area contributed by atoms with Gasteiger partial charge in [-0.05, 0) is 37.8 Å². The summed E-state index contributed by atoms with van der Waals surface area (Å²) in [6.45, 7) is 4.07. The van der Waals surface area contributed by atoms with Crippen LogP contribution in [-0.4, -0.2) is 22.4 Å². The van der Waals surface area contributed by atoms with Crippen LogP contribution in [0, 0.1) is 0 Å². The molecule has 2 heterocycles. The minimum absolute atomic E-state index is 0.134. The number of anilines is 1. The Morgan fingerprint density at radius 1 is 1.30 bits per heavy atom. The van der Waals surface area contributed by atoms with Gasteiger partial charge in [0.05, 0.1) is 10.7 Å². The molecule has 3 rings (SSSR count). The fraction of sp³-hybridized carbons (Fsp3) is 0.312. The van der Waals surface area contributed by atoms with Gasteiger partial charge in [0.25, 0.3) is 5.91 Å². The number of fused-ring (bicyclic) bond motifs is 1. The molecule has 0 saturated carbocycles. The lowest BCUT2D eigenvalue weighted by Crippen LogP contribution is -2.32. The maximum atomic E-state index is 12.9. The van der Waals surface area contributed by atoms with Gasteiger partial charge in [0.15, 0.2) is 5.13 Å². The summed E-state index contributed by atoms with van der Waals surface area (Å²) in [7, 11) is 0. The normalized spacial score (nSPS) is 13.5. The number of aryl methyl sites for hydroxylation is 2. The van der Waals surface area contributed by atoms with Crippen molar-refractivity contribution in [2.75, 3.05) is 11.4 Å². The first-order valence-corrected chi connectivity index (χ1v) is 8.90. The second kappa shape index (κ2) is 6.99. The second-order valence-corrected chi connectivity index (χ2v) is 7.10. The van der Waals surface area contributed by atoms with E-state index in [1.54, 1.807) is 34.4 Å². The molecule has 0 unspecified atom stereocenters. The molecule has 1 amide bonds. The number of rotatable bonds is 4. The van der Waals surface area contributed by atoms with Crippen LogP contribution >= 0.6 is 34.5 Å². The number of carbonyl (C=O) groups is 1. The monoisotopic (exact) mass is 367 g/mol. The molecule has 7 heteroatoms. The molecule has 23 heavy (non-hydrogen) atoms. The molecule has 0 aromatic carbocycles. The van der Waals surface area contributed by atoms with Crippen molar-refractivity contribution in [2.45, 2.75) is 25.7 Å². The second-order valence-electron chi connectivity index (χ2n) is 5.24. The summed E-state index contributed by atoms with van der Waals surface area (Å²) >= 11 is 13.6. The molecule has 1 aliphatic rings. The van der Waals surface area contributed by atoms with Gasteiger partial charge >= 0.3 is 0 Å². The predicted octanol–water partition coefficient (Wildman–Crippen LogP) is 4.56. The Morgan fingerprint density at radius 3 is 2.83 bits per heavy atom. The Labute approximate surface area is 148 Å². The number of pyridine rings is 1. The molecule has 2 aromatic heterocycles. The number of aromatic nitrogens is 2. The van der Waals surface area contributed by atoms with Crippen LogP contribution in [0.3, 0.4) is 0 Å². The van der Waals surface area contributed by atoms with E-state index in [9.17, 15) is 4.79 Å². The van der Waals surface area contributed by atoms with Gasteiger partial charge in [0, 0.05) is 11.4 Å². The highest BCUT2D eigenvalue weighted by molar-refractivity contribution is 7.16. The van der Waals surface area contributed by atoms with E-state index in [0.717, 1.165) is 25.0 Å². The maximum absolute atomic E-state index is 12.9. The van der Waals surface area contributed by atoms with Crippen LogP contribution in [-0.2, 0) is 12.8 Å². The fourth-order valence-corrected chi connectivity index (χ4v) is 4.02. The van der Waals surface area contributed by atoms with E-state index in [-0.39, 0.29) is 21.8 Å². The zero-order chi connectivity index (χ0) is 16.4. The van der Waals surface area contributed by atoms with Gasteiger partial charge in [-0.1, -0.05) is 29.3 Å². The van der Waals surface area contributed by atoms with Crippen LogP contribution in [0.4, 0.5) is 5.13 Å². The highest BCUT2D eigenvalue weighted by atomic mass is 35.5. The van der Waals surface area contributed by atoms with Gasteiger partial charge < -0.3 is 0 Å². The van der Waals surface area contributed by atoms with Crippen molar-refractivity contribution in [1.82, 2.24) is 9.97 Å². The standard InChI is InChI=1S/C16H15Cl2N3OS/c1-2-9-21(15(22)14-10(17)7-8-13(18)20-14)16-19-11-5-3-4-6-12(11)23-16/h2,7-8H,1,3-6,9H2. The molecule has 0 spiro atoms. The Kier molecular flexibility index (Phi) is 4.99. The van der Waals surface area contributed by atoms with Crippen molar-refractivity contribution < 1.29 is 4.79 Å². The first-order chi connectivity index (χ1) is 11.1. The first kappa shape index (κ1) is 16.4. The molecule has 1 aliphatic carbocycles. The number of hydrogen-bond acceptors (Lipinski definition) is 4. The van der Waals surface area contributed by atoms with E-state index < -0.39 is 0 Å². The summed E-state index contributed by atoms with van der Waals surface area (Å²) in [5, 5.41) is 1.17. The molecule has 0 N–H and O–H groups in total. The van der Waals surface area contributed by atoms with Gasteiger partial charge in [-0.25, -0.2) is 9.97 Å².